The maximum Gasteiger partial charge on any atom is 0.263 e. The van der Waals surface area contributed by atoms with Crippen molar-refractivity contribution in [2.75, 3.05) is 20.2 Å². The highest BCUT2D eigenvalue weighted by Crippen LogP contribution is 2.22. The van der Waals surface area contributed by atoms with E-state index in [0.717, 1.165) is 11.3 Å². The number of fused-ring (bicyclic) bond motifs is 1. The Morgan fingerprint density at radius 1 is 1.26 bits per heavy atom. The fourth-order valence-electron chi connectivity index (χ4n) is 2.81. The zero-order valence-corrected chi connectivity index (χ0v) is 13.2. The Kier molecular flexibility index (Phi) is 4.10. The van der Waals surface area contributed by atoms with E-state index in [1.165, 1.54) is 10.9 Å². The molecule has 0 fully saturated rings. The number of nitrogens with zero attached hydrogens (tertiary/aromatic N) is 4. The number of carbonyl (C=O) groups is 1. The van der Waals surface area contributed by atoms with Crippen LogP contribution in [0.3, 0.4) is 0 Å². The number of aryl methyl sites for hydroxylation is 1. The van der Waals surface area contributed by atoms with Gasteiger partial charge in [-0.3, -0.25) is 9.59 Å². The Morgan fingerprint density at radius 2 is 2.04 bits per heavy atom. The minimum Gasteiger partial charge on any atom is -0.481 e. The molecule has 0 atom stereocenters. The van der Waals surface area contributed by atoms with Crippen molar-refractivity contribution in [1.82, 2.24) is 19.4 Å². The summed E-state index contributed by atoms with van der Waals surface area (Å²) >= 11 is 0. The molecule has 0 N–H and O–H groups in total. The molecule has 0 saturated heterocycles. The fourth-order valence-corrected chi connectivity index (χ4v) is 2.81. The molecule has 7 nitrogen and oxygen atoms in total. The van der Waals surface area contributed by atoms with Gasteiger partial charge >= 0.3 is 0 Å². The van der Waals surface area contributed by atoms with Gasteiger partial charge in [-0.25, -0.2) is 9.97 Å². The van der Waals surface area contributed by atoms with Gasteiger partial charge in [0, 0.05) is 38.3 Å². The Labute approximate surface area is 133 Å². The van der Waals surface area contributed by atoms with Crippen LogP contribution in [0.2, 0.25) is 0 Å². The first-order chi connectivity index (χ1) is 11.1. The molecule has 0 saturated carbocycles. The molecule has 1 aliphatic heterocycles. The van der Waals surface area contributed by atoms with Crippen molar-refractivity contribution < 1.29 is 9.53 Å². The number of amides is 1. The molecule has 1 amide bonds. The maximum absolute atomic E-state index is 12.7. The molecule has 0 bridgehead atoms. The topological polar surface area (TPSA) is 77.3 Å². The van der Waals surface area contributed by atoms with Gasteiger partial charge in [-0.1, -0.05) is 0 Å². The van der Waals surface area contributed by atoms with Crippen LogP contribution in [-0.2, 0) is 19.9 Å². The molecular formula is C16H18N4O3. The molecule has 7 heteroatoms. The first kappa shape index (κ1) is 15.2. The van der Waals surface area contributed by atoms with E-state index in [1.807, 2.05) is 0 Å². The number of aromatic nitrogens is 3. The number of ether oxygens (including phenoxy) is 1. The van der Waals surface area contributed by atoms with Crippen LogP contribution in [0, 0.1) is 0 Å². The highest BCUT2D eigenvalue weighted by molar-refractivity contribution is 5.93. The molecule has 1 aliphatic rings. The van der Waals surface area contributed by atoms with Crippen molar-refractivity contribution in [3.05, 3.63) is 51.8 Å². The van der Waals surface area contributed by atoms with Gasteiger partial charge in [0.25, 0.3) is 11.5 Å². The van der Waals surface area contributed by atoms with E-state index >= 15 is 0 Å². The molecule has 0 radical (unpaired) electrons. The molecule has 0 unspecified atom stereocenters. The first-order valence-electron chi connectivity index (χ1n) is 7.43. The van der Waals surface area contributed by atoms with E-state index in [4.69, 9.17) is 4.74 Å². The smallest absolute Gasteiger partial charge is 0.263 e. The second kappa shape index (κ2) is 6.20. The van der Waals surface area contributed by atoms with Gasteiger partial charge in [-0.15, -0.1) is 0 Å². The second-order valence-corrected chi connectivity index (χ2v) is 5.44. The van der Waals surface area contributed by atoms with Crippen molar-refractivity contribution >= 4 is 5.91 Å². The Hall–Kier alpha value is -2.70. The summed E-state index contributed by atoms with van der Waals surface area (Å²) in [7, 11) is 3.21. The number of rotatable bonds is 2. The van der Waals surface area contributed by atoms with Crippen LogP contribution >= 0.6 is 0 Å². The summed E-state index contributed by atoms with van der Waals surface area (Å²) in [6, 6.07) is 3.28. The zero-order chi connectivity index (χ0) is 16.4. The summed E-state index contributed by atoms with van der Waals surface area (Å²) in [5.41, 5.74) is 1.75. The first-order valence-corrected chi connectivity index (χ1v) is 7.43. The normalized spacial score (nSPS) is 14.1. The summed E-state index contributed by atoms with van der Waals surface area (Å²) in [5.74, 6) is 0.311. The molecule has 2 aromatic rings. The van der Waals surface area contributed by atoms with Crippen LogP contribution in [0.5, 0.6) is 5.88 Å². The summed E-state index contributed by atoms with van der Waals surface area (Å²) in [6.07, 6.45) is 4.34. The van der Waals surface area contributed by atoms with Gasteiger partial charge in [0.15, 0.2) is 0 Å². The molecule has 0 aliphatic carbocycles. The summed E-state index contributed by atoms with van der Waals surface area (Å²) in [5, 5.41) is 0. The molecule has 0 aromatic carbocycles. The summed E-state index contributed by atoms with van der Waals surface area (Å²) in [6.45, 7) is 1.03. The Morgan fingerprint density at radius 3 is 2.83 bits per heavy atom. The number of pyridine rings is 1. The predicted octanol–water partition coefficient (Wildman–Crippen LogP) is 0.425. The lowest BCUT2D eigenvalue weighted by Gasteiger charge is -2.20. The maximum atomic E-state index is 12.7. The van der Waals surface area contributed by atoms with Crippen molar-refractivity contribution in [3.8, 4) is 5.88 Å². The van der Waals surface area contributed by atoms with Crippen molar-refractivity contribution in [2.45, 2.75) is 12.8 Å². The molecule has 120 valence electrons. The molecule has 3 heterocycles. The van der Waals surface area contributed by atoms with Gasteiger partial charge in [0.2, 0.25) is 5.88 Å². The fraction of sp³-hybridized carbons (Fsp3) is 0.375. The molecule has 3 rings (SSSR count). The van der Waals surface area contributed by atoms with Gasteiger partial charge in [-0.05, 0) is 18.6 Å². The minimum absolute atomic E-state index is 0.194. The third kappa shape index (κ3) is 2.81. The number of carbonyl (C=O) groups excluding carboxylic acids is 1. The SMILES string of the molecule is COc1ncnc2c1CCN(C(=O)c1cccn(C)c1=O)CC2. The van der Waals surface area contributed by atoms with Crippen molar-refractivity contribution in [3.63, 3.8) is 0 Å². The lowest BCUT2D eigenvalue weighted by atomic mass is 10.1. The molecule has 2 aromatic heterocycles. The quantitative estimate of drug-likeness (QED) is 0.803. The highest BCUT2D eigenvalue weighted by atomic mass is 16.5. The third-order valence-corrected chi connectivity index (χ3v) is 4.08. The minimum atomic E-state index is -0.281. The van der Waals surface area contributed by atoms with E-state index in [0.29, 0.717) is 31.8 Å². The van der Waals surface area contributed by atoms with Gasteiger partial charge in [0.05, 0.1) is 12.8 Å². The van der Waals surface area contributed by atoms with E-state index in [2.05, 4.69) is 9.97 Å². The van der Waals surface area contributed by atoms with Crippen LogP contribution in [0.4, 0.5) is 0 Å². The van der Waals surface area contributed by atoms with Gasteiger partial charge in [-0.2, -0.15) is 0 Å². The summed E-state index contributed by atoms with van der Waals surface area (Å²) in [4.78, 5) is 34.9. The largest absolute Gasteiger partial charge is 0.481 e. The lowest BCUT2D eigenvalue weighted by molar-refractivity contribution is 0.0760. The standard InChI is InChI=1S/C16H18N4O3/c1-19-7-3-4-12(15(19)21)16(22)20-8-5-11-13(6-9-20)17-10-18-14(11)23-2/h3-4,7,10H,5-6,8-9H2,1-2H3. The highest BCUT2D eigenvalue weighted by Gasteiger charge is 2.24. The number of hydrogen-bond donors (Lipinski definition) is 0. The predicted molar refractivity (Wildman–Crippen MR) is 83.6 cm³/mol. The van der Waals surface area contributed by atoms with E-state index < -0.39 is 0 Å². The van der Waals surface area contributed by atoms with Crippen LogP contribution in [0.1, 0.15) is 21.6 Å². The van der Waals surface area contributed by atoms with Crippen LogP contribution in [-0.4, -0.2) is 45.5 Å². The van der Waals surface area contributed by atoms with Crippen LogP contribution in [0.25, 0.3) is 0 Å². The molecule has 0 spiro atoms. The Bertz CT molecular complexity index is 800. The van der Waals surface area contributed by atoms with Crippen molar-refractivity contribution in [1.29, 1.82) is 0 Å². The number of methoxy groups -OCH3 is 1. The van der Waals surface area contributed by atoms with E-state index in [1.54, 1.807) is 37.4 Å². The lowest BCUT2D eigenvalue weighted by Crippen LogP contribution is -2.37. The zero-order valence-electron chi connectivity index (χ0n) is 13.2. The third-order valence-electron chi connectivity index (χ3n) is 4.08. The summed E-state index contributed by atoms with van der Waals surface area (Å²) < 4.78 is 6.69. The van der Waals surface area contributed by atoms with Crippen molar-refractivity contribution in [2.24, 2.45) is 7.05 Å². The number of hydrogen-bond acceptors (Lipinski definition) is 5. The Balaban J connectivity index is 1.86. The van der Waals surface area contributed by atoms with Gasteiger partial charge < -0.3 is 14.2 Å². The van der Waals surface area contributed by atoms with E-state index in [-0.39, 0.29) is 17.0 Å². The average Bonchev–Trinajstić information content (AvgIpc) is 2.79. The van der Waals surface area contributed by atoms with Crippen LogP contribution < -0.4 is 10.3 Å². The van der Waals surface area contributed by atoms with Crippen LogP contribution in [0.15, 0.2) is 29.5 Å². The average molecular weight is 314 g/mol. The molecular weight excluding hydrogens is 296 g/mol. The second-order valence-electron chi connectivity index (χ2n) is 5.44. The monoisotopic (exact) mass is 314 g/mol. The van der Waals surface area contributed by atoms with E-state index in [9.17, 15) is 9.59 Å². The van der Waals surface area contributed by atoms with Gasteiger partial charge in [0.1, 0.15) is 11.9 Å². The molecule has 23 heavy (non-hydrogen) atoms.